The molecule has 9 heteroatoms. The number of nitrogens with zero attached hydrogens (tertiary/aromatic N) is 3. The number of nitrogens with two attached hydrogens (primary N) is 1. The lowest BCUT2D eigenvalue weighted by Gasteiger charge is -2.10. The summed E-state index contributed by atoms with van der Waals surface area (Å²) in [6, 6.07) is 18.5. The van der Waals surface area contributed by atoms with E-state index in [1.54, 1.807) is 22.7 Å². The molecule has 4 aromatic rings. The van der Waals surface area contributed by atoms with E-state index in [1.807, 2.05) is 42.5 Å². The monoisotopic (exact) mass is 460 g/mol. The van der Waals surface area contributed by atoms with Crippen LogP contribution in [0.15, 0.2) is 60.7 Å². The van der Waals surface area contributed by atoms with Gasteiger partial charge in [0, 0.05) is 27.9 Å². The summed E-state index contributed by atoms with van der Waals surface area (Å²) in [5.74, 6) is -0.327. The van der Waals surface area contributed by atoms with E-state index in [1.165, 1.54) is 0 Å². The second kappa shape index (κ2) is 8.55. The number of primary amides is 1. The molecule has 0 spiro atoms. The number of anilines is 2. The van der Waals surface area contributed by atoms with Crippen molar-refractivity contribution < 1.29 is 9.59 Å². The number of pyridine rings is 1. The van der Waals surface area contributed by atoms with Crippen molar-refractivity contribution in [1.82, 2.24) is 19.9 Å². The van der Waals surface area contributed by atoms with Gasteiger partial charge < -0.3 is 16.4 Å². The third-order valence-corrected chi connectivity index (χ3v) is 5.64. The molecule has 0 atom stereocenters. The summed E-state index contributed by atoms with van der Waals surface area (Å²) < 4.78 is 1.73. The lowest BCUT2D eigenvalue weighted by molar-refractivity contribution is -0.120. The summed E-state index contributed by atoms with van der Waals surface area (Å²) in [5, 5.41) is 11.3. The molecular weight excluding hydrogens is 440 g/mol. The van der Waals surface area contributed by atoms with E-state index in [0.29, 0.717) is 33.4 Å². The van der Waals surface area contributed by atoms with Gasteiger partial charge >= 0.3 is 0 Å². The molecule has 0 aliphatic heterocycles. The van der Waals surface area contributed by atoms with Crippen molar-refractivity contribution >= 4 is 40.7 Å². The summed E-state index contributed by atoms with van der Waals surface area (Å²) in [7, 11) is 0. The van der Waals surface area contributed by atoms with Crippen molar-refractivity contribution in [3.8, 4) is 11.3 Å². The average molecular weight is 461 g/mol. The van der Waals surface area contributed by atoms with Crippen LogP contribution in [0.3, 0.4) is 0 Å². The molecule has 5 rings (SSSR count). The molecule has 1 fully saturated rings. The summed E-state index contributed by atoms with van der Waals surface area (Å²) in [6.07, 6.45) is 2.06. The third kappa shape index (κ3) is 4.65. The molecule has 0 bridgehead atoms. The van der Waals surface area contributed by atoms with E-state index in [2.05, 4.69) is 20.7 Å². The average Bonchev–Trinajstić information content (AvgIpc) is 3.49. The number of carbonyl (C=O) groups is 2. The predicted octanol–water partition coefficient (Wildman–Crippen LogP) is 3.71. The minimum Gasteiger partial charge on any atom is -0.366 e. The highest BCUT2D eigenvalue weighted by atomic mass is 35.5. The first-order valence-corrected chi connectivity index (χ1v) is 10.9. The van der Waals surface area contributed by atoms with Gasteiger partial charge in [0.1, 0.15) is 0 Å². The first kappa shape index (κ1) is 21.0. The number of benzene rings is 2. The topological polar surface area (TPSA) is 114 Å². The minimum atomic E-state index is -0.576. The van der Waals surface area contributed by atoms with Gasteiger partial charge in [-0.1, -0.05) is 29.8 Å². The zero-order valence-corrected chi connectivity index (χ0v) is 18.3. The third-order valence-electron chi connectivity index (χ3n) is 5.40. The van der Waals surface area contributed by atoms with Crippen molar-refractivity contribution in [1.29, 1.82) is 0 Å². The van der Waals surface area contributed by atoms with Crippen molar-refractivity contribution in [2.75, 3.05) is 5.32 Å². The molecule has 2 aromatic carbocycles. The fraction of sp³-hybridized carbons (Fsp3) is 0.167. The molecule has 2 aromatic heterocycles. The summed E-state index contributed by atoms with van der Waals surface area (Å²) in [6.45, 7) is 0. The van der Waals surface area contributed by atoms with Gasteiger partial charge in [-0.15, -0.1) is 5.10 Å². The second-order valence-corrected chi connectivity index (χ2v) is 8.44. The zero-order chi connectivity index (χ0) is 22.9. The summed E-state index contributed by atoms with van der Waals surface area (Å²) >= 11 is 6.16. The van der Waals surface area contributed by atoms with Gasteiger partial charge in [0.25, 0.3) is 0 Å². The van der Waals surface area contributed by atoms with Crippen LogP contribution in [0.25, 0.3) is 16.9 Å². The molecule has 2 amide bonds. The fourth-order valence-electron chi connectivity index (χ4n) is 3.69. The normalized spacial score (nSPS) is 13.1. The lowest BCUT2D eigenvalue weighted by Crippen LogP contribution is -2.28. The Bertz CT molecular complexity index is 1380. The number of rotatable bonds is 7. The van der Waals surface area contributed by atoms with Crippen molar-refractivity contribution in [2.24, 2.45) is 5.73 Å². The SMILES string of the molecule is NC(=O)c1ccc(Nc2nc3cccc(-c4cccc(Cl)c4)n3n2)cc1CC(=O)NC1CC1. The maximum atomic E-state index is 12.3. The molecule has 166 valence electrons. The van der Waals surface area contributed by atoms with Gasteiger partial charge in [-0.3, -0.25) is 9.59 Å². The largest absolute Gasteiger partial charge is 0.366 e. The lowest BCUT2D eigenvalue weighted by atomic mass is 10.0. The predicted molar refractivity (Wildman–Crippen MR) is 127 cm³/mol. The Morgan fingerprint density at radius 2 is 1.91 bits per heavy atom. The second-order valence-electron chi connectivity index (χ2n) is 8.01. The Hall–Kier alpha value is -3.91. The Morgan fingerprint density at radius 1 is 1.09 bits per heavy atom. The van der Waals surface area contributed by atoms with E-state index in [-0.39, 0.29) is 18.4 Å². The van der Waals surface area contributed by atoms with Crippen molar-refractivity contribution in [2.45, 2.75) is 25.3 Å². The van der Waals surface area contributed by atoms with Gasteiger partial charge in [-0.25, -0.2) is 4.52 Å². The van der Waals surface area contributed by atoms with Gasteiger partial charge in [-0.05, 0) is 60.9 Å². The van der Waals surface area contributed by atoms with Gasteiger partial charge in [-0.2, -0.15) is 4.98 Å². The molecule has 0 saturated heterocycles. The van der Waals surface area contributed by atoms with E-state index < -0.39 is 5.91 Å². The van der Waals surface area contributed by atoms with Crippen LogP contribution < -0.4 is 16.4 Å². The van der Waals surface area contributed by atoms with Crippen LogP contribution in [0.5, 0.6) is 0 Å². The molecular formula is C24H21ClN6O2. The Balaban J connectivity index is 1.44. The number of nitrogens with one attached hydrogen (secondary N) is 2. The van der Waals surface area contributed by atoms with Gasteiger partial charge in [0.2, 0.25) is 17.8 Å². The molecule has 4 N–H and O–H groups in total. The first-order chi connectivity index (χ1) is 16.0. The Morgan fingerprint density at radius 3 is 2.67 bits per heavy atom. The number of halogens is 1. The van der Waals surface area contributed by atoms with Crippen LogP contribution in [-0.2, 0) is 11.2 Å². The molecule has 2 heterocycles. The van der Waals surface area contributed by atoms with Crippen LogP contribution in [0.1, 0.15) is 28.8 Å². The van der Waals surface area contributed by atoms with Crippen LogP contribution in [0, 0.1) is 0 Å². The summed E-state index contributed by atoms with van der Waals surface area (Å²) in [5.41, 5.74) is 9.45. The fourth-order valence-corrected chi connectivity index (χ4v) is 3.88. The van der Waals surface area contributed by atoms with E-state index >= 15 is 0 Å². The van der Waals surface area contributed by atoms with Crippen molar-refractivity contribution in [3.05, 3.63) is 76.8 Å². The van der Waals surface area contributed by atoms with Crippen LogP contribution >= 0.6 is 11.6 Å². The number of amides is 2. The molecule has 1 aliphatic carbocycles. The summed E-state index contributed by atoms with van der Waals surface area (Å²) in [4.78, 5) is 28.7. The standard InChI is InChI=1S/C24H21ClN6O2/c25-16-4-1-3-14(11-16)20-5-2-6-21-29-24(30-31(20)21)28-18-9-10-19(23(26)33)15(12-18)13-22(32)27-17-7-8-17/h1-6,9-12,17H,7-8,13H2,(H2,26,33)(H,27,32)(H,28,30). The Kier molecular flexibility index (Phi) is 5.43. The van der Waals surface area contributed by atoms with Crippen LogP contribution in [0.4, 0.5) is 11.6 Å². The maximum absolute atomic E-state index is 12.3. The first-order valence-electron chi connectivity index (χ1n) is 10.6. The smallest absolute Gasteiger partial charge is 0.248 e. The number of fused-ring (bicyclic) bond motifs is 1. The number of aromatic nitrogens is 3. The van der Waals surface area contributed by atoms with Gasteiger partial charge in [0.05, 0.1) is 12.1 Å². The van der Waals surface area contributed by atoms with E-state index in [4.69, 9.17) is 17.3 Å². The molecule has 1 saturated carbocycles. The molecule has 33 heavy (non-hydrogen) atoms. The molecule has 0 radical (unpaired) electrons. The van der Waals surface area contributed by atoms with Gasteiger partial charge in [0.15, 0.2) is 5.65 Å². The van der Waals surface area contributed by atoms with Crippen LogP contribution in [0.2, 0.25) is 5.02 Å². The van der Waals surface area contributed by atoms with Crippen LogP contribution in [-0.4, -0.2) is 32.5 Å². The Labute approximate surface area is 194 Å². The number of hydrogen-bond donors (Lipinski definition) is 3. The molecule has 1 aliphatic rings. The molecule has 0 unspecified atom stereocenters. The highest BCUT2D eigenvalue weighted by Crippen LogP contribution is 2.25. The highest BCUT2D eigenvalue weighted by Gasteiger charge is 2.24. The molecule has 8 nitrogen and oxygen atoms in total. The van der Waals surface area contributed by atoms with E-state index in [9.17, 15) is 9.59 Å². The zero-order valence-electron chi connectivity index (χ0n) is 17.6. The highest BCUT2D eigenvalue weighted by molar-refractivity contribution is 6.30. The van der Waals surface area contributed by atoms with Crippen molar-refractivity contribution in [3.63, 3.8) is 0 Å². The quantitative estimate of drug-likeness (QED) is 0.389. The minimum absolute atomic E-state index is 0.0712. The number of carbonyl (C=O) groups excluding carboxylic acids is 2. The number of hydrogen-bond acceptors (Lipinski definition) is 5. The van der Waals surface area contributed by atoms with E-state index in [0.717, 1.165) is 24.1 Å². The maximum Gasteiger partial charge on any atom is 0.248 e.